The summed E-state index contributed by atoms with van der Waals surface area (Å²) in [6, 6.07) is 8.93. The highest BCUT2D eigenvalue weighted by Gasteiger charge is 2.29. The lowest BCUT2D eigenvalue weighted by Gasteiger charge is -2.31. The van der Waals surface area contributed by atoms with E-state index in [4.69, 9.17) is 4.74 Å². The molecule has 0 bridgehead atoms. The quantitative estimate of drug-likeness (QED) is 0.882. The fourth-order valence-electron chi connectivity index (χ4n) is 2.02. The Balaban J connectivity index is 2.08. The van der Waals surface area contributed by atoms with Gasteiger partial charge in [-0.05, 0) is 5.56 Å². The van der Waals surface area contributed by atoms with Crippen molar-refractivity contribution in [2.45, 2.75) is 19.0 Å². The van der Waals surface area contributed by atoms with E-state index < -0.39 is 6.09 Å². The molecule has 1 amide bonds. The second-order valence-electron chi connectivity index (χ2n) is 4.31. The van der Waals surface area contributed by atoms with E-state index >= 15 is 0 Å². The van der Waals surface area contributed by atoms with E-state index in [1.54, 1.807) is 0 Å². The SMILES string of the molecule is O=C1COCC(N(Cc2ccccc2)C(=O)O)C1. The van der Waals surface area contributed by atoms with Gasteiger partial charge >= 0.3 is 6.09 Å². The maximum atomic E-state index is 11.3. The number of nitrogens with zero attached hydrogens (tertiary/aromatic N) is 1. The molecule has 1 unspecified atom stereocenters. The van der Waals surface area contributed by atoms with Gasteiger partial charge in [-0.3, -0.25) is 9.69 Å². The summed E-state index contributed by atoms with van der Waals surface area (Å²) in [4.78, 5) is 23.8. The first kappa shape index (κ1) is 12.6. The summed E-state index contributed by atoms with van der Waals surface area (Å²) >= 11 is 0. The summed E-state index contributed by atoms with van der Waals surface area (Å²) in [5.41, 5.74) is 0.901. The van der Waals surface area contributed by atoms with Crippen molar-refractivity contribution in [1.29, 1.82) is 0 Å². The maximum absolute atomic E-state index is 11.3. The Morgan fingerprint density at radius 3 is 2.72 bits per heavy atom. The largest absolute Gasteiger partial charge is 0.465 e. The molecular weight excluding hydrogens is 234 g/mol. The molecule has 5 heteroatoms. The van der Waals surface area contributed by atoms with Crippen LogP contribution >= 0.6 is 0 Å². The molecule has 5 nitrogen and oxygen atoms in total. The van der Waals surface area contributed by atoms with E-state index in [0.717, 1.165) is 5.56 Å². The molecule has 2 rings (SSSR count). The second kappa shape index (κ2) is 5.64. The normalized spacial score (nSPS) is 19.6. The molecule has 1 saturated heterocycles. The van der Waals surface area contributed by atoms with E-state index in [9.17, 15) is 14.7 Å². The van der Waals surface area contributed by atoms with Gasteiger partial charge in [0.2, 0.25) is 0 Å². The molecule has 1 aliphatic heterocycles. The summed E-state index contributed by atoms with van der Waals surface area (Å²) < 4.78 is 5.11. The number of hydrogen-bond donors (Lipinski definition) is 1. The Morgan fingerprint density at radius 2 is 2.11 bits per heavy atom. The Kier molecular flexibility index (Phi) is 3.94. The van der Waals surface area contributed by atoms with Gasteiger partial charge in [0.25, 0.3) is 0 Å². The van der Waals surface area contributed by atoms with Crippen LogP contribution < -0.4 is 0 Å². The summed E-state index contributed by atoms with van der Waals surface area (Å²) in [7, 11) is 0. The van der Waals surface area contributed by atoms with Crippen LogP contribution in [0.25, 0.3) is 0 Å². The molecule has 1 N–H and O–H groups in total. The molecule has 0 aromatic heterocycles. The first-order chi connectivity index (χ1) is 8.66. The molecular formula is C13H15NO4. The van der Waals surface area contributed by atoms with Gasteiger partial charge in [-0.2, -0.15) is 0 Å². The molecule has 0 aliphatic carbocycles. The molecule has 0 spiro atoms. The number of carbonyl (C=O) groups excluding carboxylic acids is 1. The van der Waals surface area contributed by atoms with Crippen LogP contribution in [0, 0.1) is 0 Å². The van der Waals surface area contributed by atoms with Crippen LogP contribution in [-0.2, 0) is 16.1 Å². The van der Waals surface area contributed by atoms with Crippen molar-refractivity contribution in [3.05, 3.63) is 35.9 Å². The smallest absolute Gasteiger partial charge is 0.407 e. The molecule has 0 radical (unpaired) electrons. The summed E-state index contributed by atoms with van der Waals surface area (Å²) in [6.07, 6.45) is -0.791. The first-order valence-corrected chi connectivity index (χ1v) is 5.80. The van der Waals surface area contributed by atoms with Gasteiger partial charge in [-0.25, -0.2) is 4.79 Å². The van der Waals surface area contributed by atoms with Crippen molar-refractivity contribution in [3.8, 4) is 0 Å². The topological polar surface area (TPSA) is 66.8 Å². The number of Topliss-reactive ketones (excluding diaryl/α,β-unsaturated/α-hetero) is 1. The highest BCUT2D eigenvalue weighted by molar-refractivity contribution is 5.81. The summed E-state index contributed by atoms with van der Waals surface area (Å²) in [5.74, 6) is -0.0504. The van der Waals surface area contributed by atoms with E-state index in [-0.39, 0.29) is 38.0 Å². The zero-order chi connectivity index (χ0) is 13.0. The molecule has 0 saturated carbocycles. The minimum Gasteiger partial charge on any atom is -0.465 e. The van der Waals surface area contributed by atoms with Crippen molar-refractivity contribution in [2.75, 3.05) is 13.2 Å². The molecule has 1 aliphatic rings. The average Bonchev–Trinajstić information content (AvgIpc) is 2.37. The van der Waals surface area contributed by atoms with Crippen LogP contribution in [0.5, 0.6) is 0 Å². The van der Waals surface area contributed by atoms with E-state index in [2.05, 4.69) is 0 Å². The fraction of sp³-hybridized carbons (Fsp3) is 0.385. The minimum absolute atomic E-state index is 0.0504. The number of hydrogen-bond acceptors (Lipinski definition) is 3. The molecule has 1 aromatic carbocycles. The number of rotatable bonds is 3. The van der Waals surface area contributed by atoms with Crippen LogP contribution in [0.4, 0.5) is 4.79 Å². The van der Waals surface area contributed by atoms with Crippen molar-refractivity contribution >= 4 is 11.9 Å². The Labute approximate surface area is 105 Å². The monoisotopic (exact) mass is 249 g/mol. The van der Waals surface area contributed by atoms with Crippen LogP contribution in [-0.4, -0.2) is 41.1 Å². The third-order valence-electron chi connectivity index (χ3n) is 2.92. The van der Waals surface area contributed by atoms with Crippen LogP contribution in [0.15, 0.2) is 30.3 Å². The maximum Gasteiger partial charge on any atom is 0.407 e. The Morgan fingerprint density at radius 1 is 1.39 bits per heavy atom. The predicted octanol–water partition coefficient (Wildman–Crippen LogP) is 1.52. The van der Waals surface area contributed by atoms with Gasteiger partial charge in [0.05, 0.1) is 12.6 Å². The van der Waals surface area contributed by atoms with Gasteiger partial charge in [-0.1, -0.05) is 30.3 Å². The Bertz CT molecular complexity index is 432. The molecule has 1 aromatic rings. The number of ether oxygens (including phenoxy) is 1. The lowest BCUT2D eigenvalue weighted by molar-refractivity contribution is -0.130. The molecule has 96 valence electrons. The van der Waals surface area contributed by atoms with Crippen molar-refractivity contribution in [2.24, 2.45) is 0 Å². The standard InChI is InChI=1S/C13H15NO4/c15-12-6-11(8-18-9-12)14(13(16)17)7-10-4-2-1-3-5-10/h1-5,11H,6-9H2,(H,16,17). The molecule has 18 heavy (non-hydrogen) atoms. The van der Waals surface area contributed by atoms with Gasteiger partial charge in [0, 0.05) is 13.0 Å². The van der Waals surface area contributed by atoms with E-state index in [1.165, 1.54) is 4.90 Å². The van der Waals surface area contributed by atoms with E-state index in [1.807, 2.05) is 30.3 Å². The molecule has 1 atom stereocenters. The van der Waals surface area contributed by atoms with Gasteiger partial charge in [0.1, 0.15) is 6.61 Å². The highest BCUT2D eigenvalue weighted by Crippen LogP contribution is 2.15. The summed E-state index contributed by atoms with van der Waals surface area (Å²) in [5, 5.41) is 9.23. The zero-order valence-electron chi connectivity index (χ0n) is 9.91. The zero-order valence-corrected chi connectivity index (χ0v) is 9.91. The van der Waals surface area contributed by atoms with Crippen molar-refractivity contribution in [3.63, 3.8) is 0 Å². The average molecular weight is 249 g/mol. The number of benzene rings is 1. The third-order valence-corrected chi connectivity index (χ3v) is 2.92. The third kappa shape index (κ3) is 3.07. The van der Waals surface area contributed by atoms with Crippen LogP contribution in [0.1, 0.15) is 12.0 Å². The van der Waals surface area contributed by atoms with E-state index in [0.29, 0.717) is 0 Å². The predicted molar refractivity (Wildman–Crippen MR) is 64.2 cm³/mol. The summed E-state index contributed by atoms with van der Waals surface area (Å²) in [6.45, 7) is 0.650. The molecule has 1 heterocycles. The first-order valence-electron chi connectivity index (χ1n) is 5.80. The second-order valence-corrected chi connectivity index (χ2v) is 4.31. The van der Waals surface area contributed by atoms with Gasteiger partial charge < -0.3 is 9.84 Å². The van der Waals surface area contributed by atoms with Crippen LogP contribution in [0.2, 0.25) is 0 Å². The highest BCUT2D eigenvalue weighted by atomic mass is 16.5. The van der Waals surface area contributed by atoms with Crippen molar-refractivity contribution in [1.82, 2.24) is 4.90 Å². The lowest BCUT2D eigenvalue weighted by Crippen LogP contribution is -2.46. The number of amides is 1. The number of ketones is 1. The van der Waals surface area contributed by atoms with Gasteiger partial charge in [0.15, 0.2) is 5.78 Å². The van der Waals surface area contributed by atoms with Crippen LogP contribution in [0.3, 0.4) is 0 Å². The minimum atomic E-state index is -1.03. The number of carbonyl (C=O) groups is 2. The fourth-order valence-corrected chi connectivity index (χ4v) is 2.02. The van der Waals surface area contributed by atoms with Gasteiger partial charge in [-0.15, -0.1) is 0 Å². The lowest BCUT2D eigenvalue weighted by atomic mass is 10.1. The van der Waals surface area contributed by atoms with Crippen molar-refractivity contribution < 1.29 is 19.4 Å². The molecule has 1 fully saturated rings. The Hall–Kier alpha value is -1.88. The number of carboxylic acid groups (broad SMARTS) is 1.